The molecule has 1 heterocycles. The molecule has 0 bridgehead atoms. The van der Waals surface area contributed by atoms with Crippen molar-refractivity contribution in [2.75, 3.05) is 0 Å². The van der Waals surface area contributed by atoms with E-state index in [1.807, 2.05) is 42.7 Å². The molecule has 1 nitrogen and oxygen atoms in total. The molecule has 0 fully saturated rings. The second kappa shape index (κ2) is 5.02. The van der Waals surface area contributed by atoms with E-state index in [2.05, 4.69) is 4.99 Å². The zero-order valence-corrected chi connectivity index (χ0v) is 11.2. The van der Waals surface area contributed by atoms with E-state index in [-0.39, 0.29) is 5.82 Å². The topological polar surface area (TPSA) is 12.4 Å². The number of halogens is 1. The molecule has 0 N–H and O–H groups in total. The Morgan fingerprint density at radius 2 is 1.63 bits per heavy atom. The van der Waals surface area contributed by atoms with E-state index in [0.717, 1.165) is 16.2 Å². The van der Waals surface area contributed by atoms with E-state index >= 15 is 0 Å². The van der Waals surface area contributed by atoms with Gasteiger partial charge in [0.05, 0.1) is 5.71 Å². The van der Waals surface area contributed by atoms with Crippen molar-refractivity contribution in [1.29, 1.82) is 0 Å². The molecule has 0 saturated heterocycles. The Morgan fingerprint density at radius 1 is 0.947 bits per heavy atom. The van der Waals surface area contributed by atoms with Crippen LogP contribution >= 0.6 is 11.8 Å². The molecule has 94 valence electrons. The Hall–Kier alpha value is -1.87. The van der Waals surface area contributed by atoms with Gasteiger partial charge in [0, 0.05) is 21.7 Å². The Labute approximate surface area is 115 Å². The van der Waals surface area contributed by atoms with Crippen molar-refractivity contribution in [3.05, 3.63) is 76.6 Å². The average Bonchev–Trinajstić information content (AvgIpc) is 2.59. The maximum atomic E-state index is 14.0. The van der Waals surface area contributed by atoms with E-state index in [9.17, 15) is 4.39 Å². The first kappa shape index (κ1) is 12.2. The summed E-state index contributed by atoms with van der Waals surface area (Å²) in [4.78, 5) is 5.66. The molecule has 19 heavy (non-hydrogen) atoms. The summed E-state index contributed by atoms with van der Waals surface area (Å²) >= 11 is 1.62. The molecule has 3 heteroatoms. The minimum absolute atomic E-state index is 0.240. The number of thioether (sulfide) groups is 1. The van der Waals surface area contributed by atoms with Crippen LogP contribution < -0.4 is 0 Å². The van der Waals surface area contributed by atoms with E-state index < -0.39 is 0 Å². The van der Waals surface area contributed by atoms with Crippen LogP contribution in [0, 0.1) is 5.82 Å². The third-order valence-electron chi connectivity index (χ3n) is 2.92. The summed E-state index contributed by atoms with van der Waals surface area (Å²) in [5.74, 6) is -0.240. The van der Waals surface area contributed by atoms with Gasteiger partial charge in [-0.25, -0.2) is 4.39 Å². The molecule has 0 amide bonds. The van der Waals surface area contributed by atoms with Gasteiger partial charge in [0.1, 0.15) is 5.82 Å². The van der Waals surface area contributed by atoms with Crippen molar-refractivity contribution in [1.82, 2.24) is 0 Å². The highest BCUT2D eigenvalue weighted by atomic mass is 32.2. The average molecular weight is 269 g/mol. The quantitative estimate of drug-likeness (QED) is 0.735. The summed E-state index contributed by atoms with van der Waals surface area (Å²) in [6, 6.07) is 14.7. The number of benzene rings is 2. The van der Waals surface area contributed by atoms with Crippen molar-refractivity contribution < 1.29 is 4.39 Å². The highest BCUT2D eigenvalue weighted by Gasteiger charge is 2.16. The molecule has 0 spiro atoms. The molecule has 0 unspecified atom stereocenters. The summed E-state index contributed by atoms with van der Waals surface area (Å²) < 4.78 is 14.0. The van der Waals surface area contributed by atoms with Crippen LogP contribution in [0.2, 0.25) is 0 Å². The lowest BCUT2D eigenvalue weighted by Gasteiger charge is -2.09. The second-order valence-corrected chi connectivity index (χ2v) is 5.22. The maximum absolute atomic E-state index is 14.0. The summed E-state index contributed by atoms with van der Waals surface area (Å²) in [6.45, 7) is 1.93. The lowest BCUT2D eigenvalue weighted by atomic mass is 10.0. The molecule has 2 aromatic rings. The zero-order chi connectivity index (χ0) is 13.2. The summed E-state index contributed by atoms with van der Waals surface area (Å²) in [7, 11) is 0. The van der Waals surface area contributed by atoms with Crippen LogP contribution in [0.5, 0.6) is 0 Å². The predicted octanol–water partition coefficient (Wildman–Crippen LogP) is 4.63. The van der Waals surface area contributed by atoms with Gasteiger partial charge in [-0.3, -0.25) is 4.99 Å². The third kappa shape index (κ3) is 2.34. The molecule has 0 aromatic heterocycles. The Balaban J connectivity index is 2.25. The third-order valence-corrected chi connectivity index (χ3v) is 3.98. The Bertz CT molecular complexity index is 689. The SMILES string of the molecule is CC1=CSc2ccccc2C(c2ccccc2F)=N1. The van der Waals surface area contributed by atoms with E-state index in [4.69, 9.17) is 0 Å². The van der Waals surface area contributed by atoms with Crippen LogP contribution in [0.3, 0.4) is 0 Å². The smallest absolute Gasteiger partial charge is 0.132 e. The number of rotatable bonds is 1. The van der Waals surface area contributed by atoms with Crippen LogP contribution in [0.15, 0.2) is 69.5 Å². The molecule has 0 saturated carbocycles. The monoisotopic (exact) mass is 269 g/mol. The van der Waals surface area contributed by atoms with Gasteiger partial charge in [0.25, 0.3) is 0 Å². The molecule has 1 aliphatic heterocycles. The number of hydrogen-bond acceptors (Lipinski definition) is 2. The summed E-state index contributed by atoms with van der Waals surface area (Å²) in [5.41, 5.74) is 3.11. The molecule has 3 rings (SSSR count). The first-order chi connectivity index (χ1) is 9.25. The Kier molecular flexibility index (Phi) is 3.22. The fourth-order valence-electron chi connectivity index (χ4n) is 2.04. The van der Waals surface area contributed by atoms with Gasteiger partial charge in [-0.15, -0.1) is 0 Å². The molecule has 1 aliphatic rings. The fraction of sp³-hybridized carbons (Fsp3) is 0.0625. The van der Waals surface area contributed by atoms with Crippen molar-refractivity contribution in [3.63, 3.8) is 0 Å². The van der Waals surface area contributed by atoms with Crippen LogP contribution in [0.25, 0.3) is 0 Å². The van der Waals surface area contributed by atoms with Gasteiger partial charge in [0.2, 0.25) is 0 Å². The number of allylic oxidation sites excluding steroid dienone is 1. The van der Waals surface area contributed by atoms with Gasteiger partial charge >= 0.3 is 0 Å². The first-order valence-electron chi connectivity index (χ1n) is 6.02. The van der Waals surface area contributed by atoms with Crippen molar-refractivity contribution >= 4 is 17.5 Å². The largest absolute Gasteiger partial charge is 0.252 e. The maximum Gasteiger partial charge on any atom is 0.132 e. The van der Waals surface area contributed by atoms with Crippen molar-refractivity contribution in [2.45, 2.75) is 11.8 Å². The molecular formula is C16H12FNS. The molecule has 2 aromatic carbocycles. The lowest BCUT2D eigenvalue weighted by molar-refractivity contribution is 0.625. The summed E-state index contributed by atoms with van der Waals surface area (Å²) in [6.07, 6.45) is 0. The summed E-state index contributed by atoms with van der Waals surface area (Å²) in [5, 5.41) is 1.99. The standard InChI is InChI=1S/C16H12FNS/c1-11-10-19-15-9-5-3-7-13(15)16(18-11)12-6-2-4-8-14(12)17/h2-10H,1H3. The zero-order valence-electron chi connectivity index (χ0n) is 10.4. The highest BCUT2D eigenvalue weighted by molar-refractivity contribution is 8.02. The van der Waals surface area contributed by atoms with E-state index in [1.54, 1.807) is 23.9 Å². The predicted molar refractivity (Wildman–Crippen MR) is 78.1 cm³/mol. The van der Waals surface area contributed by atoms with E-state index in [1.165, 1.54) is 6.07 Å². The number of hydrogen-bond donors (Lipinski definition) is 0. The van der Waals surface area contributed by atoms with Crippen LogP contribution in [0.4, 0.5) is 4.39 Å². The van der Waals surface area contributed by atoms with Crippen molar-refractivity contribution in [2.24, 2.45) is 4.99 Å². The number of nitrogens with zero attached hydrogens (tertiary/aromatic N) is 1. The van der Waals surface area contributed by atoms with Gasteiger partial charge in [-0.2, -0.15) is 0 Å². The molecular weight excluding hydrogens is 257 g/mol. The van der Waals surface area contributed by atoms with Crippen molar-refractivity contribution in [3.8, 4) is 0 Å². The fourth-order valence-corrected chi connectivity index (χ4v) is 2.83. The molecule has 0 atom stereocenters. The van der Waals surface area contributed by atoms with Crippen LogP contribution in [-0.2, 0) is 0 Å². The van der Waals surface area contributed by atoms with Gasteiger partial charge in [-0.05, 0) is 30.5 Å². The lowest BCUT2D eigenvalue weighted by Crippen LogP contribution is -2.06. The van der Waals surface area contributed by atoms with Gasteiger partial charge in [-0.1, -0.05) is 42.1 Å². The van der Waals surface area contributed by atoms with Crippen LogP contribution in [0.1, 0.15) is 18.1 Å². The minimum Gasteiger partial charge on any atom is -0.252 e. The molecule has 0 radical (unpaired) electrons. The minimum atomic E-state index is -0.240. The first-order valence-corrected chi connectivity index (χ1v) is 6.90. The molecule has 0 aliphatic carbocycles. The second-order valence-electron chi connectivity index (χ2n) is 4.31. The van der Waals surface area contributed by atoms with Gasteiger partial charge in [0.15, 0.2) is 0 Å². The normalized spacial score (nSPS) is 14.2. The Morgan fingerprint density at radius 3 is 2.42 bits per heavy atom. The van der Waals surface area contributed by atoms with Gasteiger partial charge < -0.3 is 0 Å². The number of fused-ring (bicyclic) bond motifs is 1. The highest BCUT2D eigenvalue weighted by Crippen LogP contribution is 2.31. The number of aliphatic imine (C=N–C) groups is 1. The van der Waals surface area contributed by atoms with Crippen LogP contribution in [-0.4, -0.2) is 5.71 Å². The van der Waals surface area contributed by atoms with E-state index in [0.29, 0.717) is 11.3 Å².